The quantitative estimate of drug-likeness (QED) is 0.910. The summed E-state index contributed by atoms with van der Waals surface area (Å²) in [7, 11) is 1.83. The van der Waals surface area contributed by atoms with Crippen molar-refractivity contribution in [1.82, 2.24) is 9.78 Å². The van der Waals surface area contributed by atoms with E-state index in [1.807, 2.05) is 43.6 Å². The van der Waals surface area contributed by atoms with Crippen LogP contribution < -0.4 is 10.6 Å². The lowest BCUT2D eigenvalue weighted by atomic mass is 10.3. The first-order valence-electron chi connectivity index (χ1n) is 5.43. The summed E-state index contributed by atoms with van der Waals surface area (Å²) in [5.41, 5.74) is 0.755. The molecule has 0 aliphatic rings. The van der Waals surface area contributed by atoms with Gasteiger partial charge in [0.2, 0.25) is 5.91 Å². The van der Waals surface area contributed by atoms with Gasteiger partial charge >= 0.3 is 0 Å². The van der Waals surface area contributed by atoms with E-state index in [1.54, 1.807) is 4.68 Å². The van der Waals surface area contributed by atoms with Gasteiger partial charge in [0.25, 0.3) is 0 Å². The molecule has 0 aliphatic heterocycles. The van der Waals surface area contributed by atoms with Crippen LogP contribution in [0.5, 0.6) is 0 Å². The zero-order chi connectivity index (χ0) is 13.0. The molecule has 18 heavy (non-hydrogen) atoms. The number of rotatable bonds is 4. The molecule has 2 rings (SSSR count). The number of benzene rings is 1. The summed E-state index contributed by atoms with van der Waals surface area (Å²) >= 11 is 3.37. The molecule has 0 aliphatic carbocycles. The van der Waals surface area contributed by atoms with Crippen molar-refractivity contribution < 1.29 is 4.79 Å². The minimum absolute atomic E-state index is 0.118. The summed E-state index contributed by atoms with van der Waals surface area (Å²) in [4.78, 5) is 11.7. The molecule has 0 saturated carbocycles. The number of nitrogens with zero attached hydrogens (tertiary/aromatic N) is 2. The summed E-state index contributed by atoms with van der Waals surface area (Å²) in [5.74, 6) is 0.562. The number of aromatic nitrogens is 2. The Kier molecular flexibility index (Phi) is 3.99. The van der Waals surface area contributed by atoms with Crippen LogP contribution in [0.1, 0.15) is 0 Å². The van der Waals surface area contributed by atoms with Crippen molar-refractivity contribution in [3.05, 3.63) is 41.0 Å². The average Bonchev–Trinajstić information content (AvgIpc) is 2.76. The lowest BCUT2D eigenvalue weighted by Crippen LogP contribution is -2.22. The maximum atomic E-state index is 11.7. The van der Waals surface area contributed by atoms with Crippen LogP contribution in [0.15, 0.2) is 41.0 Å². The molecule has 5 nitrogen and oxygen atoms in total. The lowest BCUT2D eigenvalue weighted by Gasteiger charge is -2.07. The SMILES string of the molecule is Cn1ccc(NCC(=O)Nc2ccccc2Br)n1. The highest BCUT2D eigenvalue weighted by molar-refractivity contribution is 9.10. The molecule has 6 heteroatoms. The molecule has 2 N–H and O–H groups in total. The van der Waals surface area contributed by atoms with E-state index in [0.29, 0.717) is 5.82 Å². The molecule has 2 aromatic rings. The third-order valence-electron chi connectivity index (χ3n) is 2.29. The third kappa shape index (κ3) is 3.33. The van der Waals surface area contributed by atoms with E-state index in [4.69, 9.17) is 0 Å². The molecule has 1 aromatic carbocycles. The van der Waals surface area contributed by atoms with Crippen molar-refractivity contribution in [3.8, 4) is 0 Å². The molecule has 0 fully saturated rings. The summed E-state index contributed by atoms with van der Waals surface area (Å²) in [5, 5.41) is 9.87. The highest BCUT2D eigenvalue weighted by Crippen LogP contribution is 2.20. The van der Waals surface area contributed by atoms with Crippen molar-refractivity contribution in [2.75, 3.05) is 17.2 Å². The Morgan fingerprint density at radius 2 is 2.17 bits per heavy atom. The van der Waals surface area contributed by atoms with E-state index < -0.39 is 0 Å². The first-order valence-corrected chi connectivity index (χ1v) is 6.22. The molecular weight excluding hydrogens is 296 g/mol. The Morgan fingerprint density at radius 3 is 2.83 bits per heavy atom. The minimum atomic E-state index is -0.118. The number of carbonyl (C=O) groups is 1. The number of anilines is 2. The Balaban J connectivity index is 1.88. The number of hydrogen-bond acceptors (Lipinski definition) is 3. The van der Waals surface area contributed by atoms with Gasteiger partial charge in [-0.1, -0.05) is 12.1 Å². The van der Waals surface area contributed by atoms with Crippen LogP contribution in [0, 0.1) is 0 Å². The fraction of sp³-hybridized carbons (Fsp3) is 0.167. The highest BCUT2D eigenvalue weighted by atomic mass is 79.9. The maximum Gasteiger partial charge on any atom is 0.243 e. The van der Waals surface area contributed by atoms with Gasteiger partial charge in [-0.2, -0.15) is 5.10 Å². The summed E-state index contributed by atoms with van der Waals surface area (Å²) in [6.45, 7) is 0.179. The molecule has 94 valence electrons. The Bertz CT molecular complexity index is 553. The number of halogens is 1. The van der Waals surface area contributed by atoms with Crippen LogP contribution >= 0.6 is 15.9 Å². The molecule has 0 radical (unpaired) electrons. The molecular formula is C12H13BrN4O. The zero-order valence-electron chi connectivity index (χ0n) is 9.85. The monoisotopic (exact) mass is 308 g/mol. The Labute approximate surface area is 113 Å². The number of hydrogen-bond donors (Lipinski definition) is 2. The second-order valence-electron chi connectivity index (χ2n) is 3.76. The van der Waals surface area contributed by atoms with Gasteiger partial charge in [0.15, 0.2) is 0 Å². The van der Waals surface area contributed by atoms with Crippen LogP contribution in [0.25, 0.3) is 0 Å². The number of amides is 1. The van der Waals surface area contributed by atoms with Gasteiger partial charge in [-0.25, -0.2) is 0 Å². The maximum absolute atomic E-state index is 11.7. The van der Waals surface area contributed by atoms with Crippen molar-refractivity contribution in [2.24, 2.45) is 7.05 Å². The molecule has 0 bridgehead atoms. The van der Waals surface area contributed by atoms with Gasteiger partial charge in [0, 0.05) is 23.8 Å². The summed E-state index contributed by atoms with van der Waals surface area (Å²) < 4.78 is 2.53. The fourth-order valence-corrected chi connectivity index (χ4v) is 1.82. The van der Waals surface area contributed by atoms with E-state index in [9.17, 15) is 4.79 Å². The molecule has 0 unspecified atom stereocenters. The van der Waals surface area contributed by atoms with Crippen LogP contribution in [-0.4, -0.2) is 22.2 Å². The first-order chi connectivity index (χ1) is 8.65. The number of nitrogens with one attached hydrogen (secondary N) is 2. The Morgan fingerprint density at radius 1 is 1.39 bits per heavy atom. The van der Waals surface area contributed by atoms with E-state index in [2.05, 4.69) is 31.7 Å². The van der Waals surface area contributed by atoms with Crippen LogP contribution in [0.4, 0.5) is 11.5 Å². The van der Waals surface area contributed by atoms with Crippen molar-refractivity contribution in [2.45, 2.75) is 0 Å². The molecule has 0 atom stereocenters. The van der Waals surface area contributed by atoms with E-state index in [1.165, 1.54) is 0 Å². The number of aryl methyl sites for hydroxylation is 1. The van der Waals surface area contributed by atoms with Gasteiger partial charge < -0.3 is 10.6 Å². The summed E-state index contributed by atoms with van der Waals surface area (Å²) in [6, 6.07) is 9.29. The number of para-hydroxylation sites is 1. The second kappa shape index (κ2) is 5.68. The van der Waals surface area contributed by atoms with Gasteiger partial charge in [-0.3, -0.25) is 9.48 Å². The molecule has 0 spiro atoms. The molecule has 1 amide bonds. The van der Waals surface area contributed by atoms with Gasteiger partial charge in [0.05, 0.1) is 12.2 Å². The van der Waals surface area contributed by atoms with Crippen molar-refractivity contribution >= 4 is 33.3 Å². The van der Waals surface area contributed by atoms with E-state index in [-0.39, 0.29) is 12.5 Å². The van der Waals surface area contributed by atoms with Crippen molar-refractivity contribution in [3.63, 3.8) is 0 Å². The highest BCUT2D eigenvalue weighted by Gasteiger charge is 2.05. The topological polar surface area (TPSA) is 59.0 Å². The molecule has 1 aromatic heterocycles. The standard InChI is InChI=1S/C12H13BrN4O/c1-17-7-6-11(16-17)14-8-12(18)15-10-5-3-2-4-9(10)13/h2-7H,8H2,1H3,(H,14,16)(H,15,18). The lowest BCUT2D eigenvalue weighted by molar-refractivity contribution is -0.114. The average molecular weight is 309 g/mol. The molecule has 1 heterocycles. The summed E-state index contributed by atoms with van der Waals surface area (Å²) in [6.07, 6.45) is 1.81. The number of carbonyl (C=O) groups excluding carboxylic acids is 1. The predicted octanol–water partition coefficient (Wildman–Crippen LogP) is 2.23. The van der Waals surface area contributed by atoms with Gasteiger partial charge in [-0.05, 0) is 28.1 Å². The third-order valence-corrected chi connectivity index (χ3v) is 2.98. The smallest absolute Gasteiger partial charge is 0.243 e. The van der Waals surface area contributed by atoms with Gasteiger partial charge in [0.1, 0.15) is 5.82 Å². The van der Waals surface area contributed by atoms with Gasteiger partial charge in [-0.15, -0.1) is 0 Å². The van der Waals surface area contributed by atoms with Crippen LogP contribution in [-0.2, 0) is 11.8 Å². The first kappa shape index (κ1) is 12.6. The Hall–Kier alpha value is -1.82. The normalized spacial score (nSPS) is 10.1. The minimum Gasteiger partial charge on any atom is -0.360 e. The predicted molar refractivity (Wildman–Crippen MR) is 74.5 cm³/mol. The van der Waals surface area contributed by atoms with E-state index in [0.717, 1.165) is 10.2 Å². The van der Waals surface area contributed by atoms with Crippen LogP contribution in [0.3, 0.4) is 0 Å². The van der Waals surface area contributed by atoms with Crippen molar-refractivity contribution in [1.29, 1.82) is 0 Å². The molecule has 0 saturated heterocycles. The van der Waals surface area contributed by atoms with E-state index >= 15 is 0 Å². The zero-order valence-corrected chi connectivity index (χ0v) is 11.4. The second-order valence-corrected chi connectivity index (χ2v) is 4.61. The largest absolute Gasteiger partial charge is 0.360 e. The van der Waals surface area contributed by atoms with Crippen LogP contribution in [0.2, 0.25) is 0 Å². The fourth-order valence-electron chi connectivity index (χ4n) is 1.44.